The third kappa shape index (κ3) is 2.48. The summed E-state index contributed by atoms with van der Waals surface area (Å²) in [6.45, 7) is 0. The Hall–Kier alpha value is -0.0331. The van der Waals surface area contributed by atoms with Crippen molar-refractivity contribution in [3.05, 3.63) is 27.3 Å². The molecule has 0 aliphatic carbocycles. The van der Waals surface area contributed by atoms with Gasteiger partial charge in [-0.1, -0.05) is 12.1 Å². The van der Waals surface area contributed by atoms with E-state index in [1.807, 2.05) is 18.2 Å². The summed E-state index contributed by atoms with van der Waals surface area (Å²) in [5.74, 6) is 0.378. The fourth-order valence-corrected chi connectivity index (χ4v) is 1.48. The van der Waals surface area contributed by atoms with Gasteiger partial charge in [0.1, 0.15) is 5.75 Å². The van der Waals surface area contributed by atoms with Crippen molar-refractivity contribution >= 4 is 32.8 Å². The highest BCUT2D eigenvalue weighted by Gasteiger charge is 1.97. The van der Waals surface area contributed by atoms with Crippen LogP contribution in [0, 0.1) is 3.57 Å². The maximum absolute atomic E-state index is 9.30. The number of rotatable bonds is 2. The topological polar surface area (TPSA) is 20.2 Å². The molecule has 0 aliphatic heterocycles. The Labute approximate surface area is 83.4 Å². The molecule has 0 bridgehead atoms. The molecule has 57 valence electrons. The lowest BCUT2D eigenvalue weighted by Gasteiger charge is -2.00. The molecule has 0 unspecified atom stereocenters. The highest BCUT2D eigenvalue weighted by atomic mass is 127. The Morgan fingerprint density at radius 3 is 2.73 bits per heavy atom. The van der Waals surface area contributed by atoms with E-state index in [9.17, 15) is 5.11 Å². The minimum atomic E-state index is 0.378. The van der Waals surface area contributed by atoms with Crippen LogP contribution in [0.25, 0.3) is 0 Å². The van der Waals surface area contributed by atoms with Crippen LogP contribution >= 0.6 is 22.6 Å². The SMILES string of the molecule is Oc1cc(CC[Si])ccc1I. The lowest BCUT2D eigenvalue weighted by Crippen LogP contribution is -1.84. The van der Waals surface area contributed by atoms with E-state index >= 15 is 0 Å². The number of hydrogen-bond donors (Lipinski definition) is 1. The van der Waals surface area contributed by atoms with Crippen molar-refractivity contribution in [2.45, 2.75) is 12.5 Å². The van der Waals surface area contributed by atoms with Crippen LogP contribution in [0.1, 0.15) is 5.56 Å². The number of benzene rings is 1. The van der Waals surface area contributed by atoms with Gasteiger partial charge in [0.15, 0.2) is 0 Å². The van der Waals surface area contributed by atoms with Crippen LogP contribution < -0.4 is 0 Å². The standard InChI is InChI=1S/C8H8IOSi/c9-7-2-1-6(3-4-11)5-8(7)10/h1-2,5,10H,3-4H2. The molecule has 0 fully saturated rings. The Balaban J connectivity index is 2.86. The molecule has 0 atom stereocenters. The first-order valence-electron chi connectivity index (χ1n) is 3.36. The second kappa shape index (κ2) is 4.11. The molecule has 0 aromatic heterocycles. The van der Waals surface area contributed by atoms with Gasteiger partial charge in [0.05, 0.1) is 3.57 Å². The van der Waals surface area contributed by atoms with Crippen molar-refractivity contribution in [2.24, 2.45) is 0 Å². The van der Waals surface area contributed by atoms with Gasteiger partial charge in [-0.05, 0) is 46.7 Å². The van der Waals surface area contributed by atoms with Crippen LogP contribution in [0.3, 0.4) is 0 Å². The van der Waals surface area contributed by atoms with E-state index in [1.54, 1.807) is 0 Å². The molecular formula is C8H8IOSi. The van der Waals surface area contributed by atoms with Crippen LogP contribution in [-0.2, 0) is 6.42 Å². The van der Waals surface area contributed by atoms with Crippen molar-refractivity contribution < 1.29 is 5.11 Å². The average molecular weight is 275 g/mol. The lowest BCUT2D eigenvalue weighted by molar-refractivity contribution is 0.471. The largest absolute Gasteiger partial charge is 0.507 e. The number of hydrogen-bond acceptors (Lipinski definition) is 1. The van der Waals surface area contributed by atoms with Gasteiger partial charge in [-0.15, -0.1) is 0 Å². The second-order valence-electron chi connectivity index (χ2n) is 2.29. The first-order chi connectivity index (χ1) is 5.24. The Kier molecular flexibility index (Phi) is 3.38. The molecule has 0 amide bonds. The Bertz CT molecular complexity index is 250. The third-order valence-electron chi connectivity index (χ3n) is 1.42. The zero-order valence-electron chi connectivity index (χ0n) is 5.97. The van der Waals surface area contributed by atoms with Gasteiger partial charge in [-0.3, -0.25) is 0 Å². The smallest absolute Gasteiger partial charge is 0.129 e. The highest BCUT2D eigenvalue weighted by Crippen LogP contribution is 2.20. The predicted octanol–water partition coefficient (Wildman–Crippen LogP) is 2.13. The molecule has 0 spiro atoms. The van der Waals surface area contributed by atoms with Crippen molar-refractivity contribution in [3.63, 3.8) is 0 Å². The highest BCUT2D eigenvalue weighted by molar-refractivity contribution is 14.1. The summed E-state index contributed by atoms with van der Waals surface area (Å²) in [5, 5.41) is 9.30. The van der Waals surface area contributed by atoms with Gasteiger partial charge in [-0.2, -0.15) is 0 Å². The van der Waals surface area contributed by atoms with Gasteiger partial charge in [0.25, 0.3) is 0 Å². The molecule has 11 heavy (non-hydrogen) atoms. The molecule has 3 radical (unpaired) electrons. The first kappa shape index (κ1) is 9.06. The lowest BCUT2D eigenvalue weighted by atomic mass is 10.2. The average Bonchev–Trinajstić information content (AvgIpc) is 1.98. The molecule has 3 heteroatoms. The summed E-state index contributed by atoms with van der Waals surface area (Å²) in [6.07, 6.45) is 0.960. The predicted molar refractivity (Wildman–Crippen MR) is 55.1 cm³/mol. The minimum absolute atomic E-state index is 0.378. The zero-order chi connectivity index (χ0) is 8.27. The number of aromatic hydroxyl groups is 1. The van der Waals surface area contributed by atoms with E-state index in [0.717, 1.165) is 21.6 Å². The molecule has 1 N–H and O–H groups in total. The molecule has 1 aromatic carbocycles. The zero-order valence-corrected chi connectivity index (χ0v) is 9.13. The minimum Gasteiger partial charge on any atom is -0.507 e. The van der Waals surface area contributed by atoms with Gasteiger partial charge in [-0.25, -0.2) is 0 Å². The maximum atomic E-state index is 9.30. The summed E-state index contributed by atoms with van der Waals surface area (Å²) in [5.41, 5.74) is 1.16. The summed E-state index contributed by atoms with van der Waals surface area (Å²) < 4.78 is 0.903. The number of aryl methyl sites for hydroxylation is 1. The number of phenolic OH excluding ortho intramolecular Hbond substituents is 1. The van der Waals surface area contributed by atoms with Crippen LogP contribution in [0.15, 0.2) is 18.2 Å². The molecule has 0 heterocycles. The van der Waals surface area contributed by atoms with Crippen molar-refractivity contribution in [1.29, 1.82) is 0 Å². The summed E-state index contributed by atoms with van der Waals surface area (Å²) in [7, 11) is 3.39. The normalized spacial score (nSPS) is 10.0. The van der Waals surface area contributed by atoms with Gasteiger partial charge in [0.2, 0.25) is 0 Å². The van der Waals surface area contributed by atoms with E-state index in [1.165, 1.54) is 0 Å². The van der Waals surface area contributed by atoms with E-state index in [2.05, 4.69) is 32.8 Å². The molecule has 1 nitrogen and oxygen atoms in total. The van der Waals surface area contributed by atoms with Crippen molar-refractivity contribution in [3.8, 4) is 5.75 Å². The maximum Gasteiger partial charge on any atom is 0.129 e. The molecule has 0 saturated heterocycles. The molecular weight excluding hydrogens is 267 g/mol. The number of phenols is 1. The van der Waals surface area contributed by atoms with E-state index in [0.29, 0.717) is 5.75 Å². The van der Waals surface area contributed by atoms with Crippen LogP contribution in [0.5, 0.6) is 5.75 Å². The van der Waals surface area contributed by atoms with Gasteiger partial charge < -0.3 is 5.11 Å². The molecule has 1 aromatic rings. The molecule has 1 rings (SSSR count). The van der Waals surface area contributed by atoms with E-state index < -0.39 is 0 Å². The van der Waals surface area contributed by atoms with Crippen molar-refractivity contribution in [2.75, 3.05) is 0 Å². The number of halogens is 1. The molecule has 0 saturated carbocycles. The fraction of sp³-hybridized carbons (Fsp3) is 0.250. The quantitative estimate of drug-likeness (QED) is 0.647. The third-order valence-corrected chi connectivity index (χ3v) is 2.59. The van der Waals surface area contributed by atoms with Crippen LogP contribution in [0.4, 0.5) is 0 Å². The van der Waals surface area contributed by atoms with E-state index in [-0.39, 0.29) is 0 Å². The fourth-order valence-electron chi connectivity index (χ4n) is 0.858. The monoisotopic (exact) mass is 275 g/mol. The summed E-state index contributed by atoms with van der Waals surface area (Å²) in [6, 6.07) is 6.69. The van der Waals surface area contributed by atoms with Gasteiger partial charge in [0, 0.05) is 10.2 Å². The van der Waals surface area contributed by atoms with Crippen LogP contribution in [-0.4, -0.2) is 15.3 Å². The van der Waals surface area contributed by atoms with Gasteiger partial charge >= 0.3 is 0 Å². The second-order valence-corrected chi connectivity index (χ2v) is 3.95. The Morgan fingerprint density at radius 1 is 1.45 bits per heavy atom. The van der Waals surface area contributed by atoms with Crippen molar-refractivity contribution in [1.82, 2.24) is 0 Å². The van der Waals surface area contributed by atoms with Crippen LogP contribution in [0.2, 0.25) is 6.04 Å². The Morgan fingerprint density at radius 2 is 2.18 bits per heavy atom. The first-order valence-corrected chi connectivity index (χ1v) is 5.14. The molecule has 0 aliphatic rings. The van der Waals surface area contributed by atoms with E-state index in [4.69, 9.17) is 0 Å². The summed E-state index contributed by atoms with van der Waals surface area (Å²) in [4.78, 5) is 0. The summed E-state index contributed by atoms with van der Waals surface area (Å²) >= 11 is 2.11.